The molecule has 0 atom stereocenters. The van der Waals surface area contributed by atoms with E-state index in [4.69, 9.17) is 16.3 Å². The summed E-state index contributed by atoms with van der Waals surface area (Å²) >= 11 is 6.02. The van der Waals surface area contributed by atoms with E-state index in [0.29, 0.717) is 23.2 Å². The van der Waals surface area contributed by atoms with Crippen LogP contribution in [-0.4, -0.2) is 29.7 Å². The Bertz CT molecular complexity index is 438. The van der Waals surface area contributed by atoms with Crippen LogP contribution in [0.2, 0.25) is 5.15 Å². The van der Waals surface area contributed by atoms with Crippen LogP contribution in [0.4, 0.5) is 5.82 Å². The fourth-order valence-electron chi connectivity index (χ4n) is 2.63. The molecule has 0 radical (unpaired) electrons. The zero-order valence-corrected chi connectivity index (χ0v) is 11.4. The molecule has 0 N–H and O–H groups in total. The molecule has 1 aliphatic carbocycles. The average Bonchev–Trinajstić information content (AvgIpc) is 3.09. The molecule has 1 aromatic heterocycles. The largest absolute Gasteiger partial charge is 0.464 e. The van der Waals surface area contributed by atoms with E-state index in [0.717, 1.165) is 18.9 Å². The van der Waals surface area contributed by atoms with Crippen LogP contribution >= 0.6 is 11.6 Å². The van der Waals surface area contributed by atoms with E-state index in [2.05, 4.69) is 14.9 Å². The molecule has 98 valence electrons. The maximum absolute atomic E-state index is 6.02. The van der Waals surface area contributed by atoms with Crippen molar-refractivity contribution in [3.63, 3.8) is 0 Å². The second-order valence-corrected chi connectivity index (χ2v) is 5.64. The number of anilines is 1. The van der Waals surface area contributed by atoms with E-state index in [1.807, 2.05) is 13.0 Å². The number of halogens is 1. The van der Waals surface area contributed by atoms with Gasteiger partial charge >= 0.3 is 6.01 Å². The quantitative estimate of drug-likeness (QED) is 0.790. The molecule has 2 fully saturated rings. The molecular formula is C13H18ClN3O. The van der Waals surface area contributed by atoms with Crippen LogP contribution in [0.3, 0.4) is 0 Å². The zero-order valence-electron chi connectivity index (χ0n) is 10.7. The Kier molecular flexibility index (Phi) is 3.06. The second-order valence-electron chi connectivity index (χ2n) is 5.25. The maximum Gasteiger partial charge on any atom is 0.319 e. The highest BCUT2D eigenvalue weighted by molar-refractivity contribution is 6.29. The Labute approximate surface area is 112 Å². The molecule has 2 aliphatic rings. The lowest BCUT2D eigenvalue weighted by atomic mass is 9.94. The fraction of sp³-hybridized carbons (Fsp3) is 0.692. The Morgan fingerprint density at radius 2 is 2.00 bits per heavy atom. The van der Waals surface area contributed by atoms with Gasteiger partial charge in [-0.2, -0.15) is 9.97 Å². The molecule has 0 bridgehead atoms. The number of rotatable bonds is 3. The lowest BCUT2D eigenvalue weighted by Gasteiger charge is -2.33. The van der Waals surface area contributed by atoms with Gasteiger partial charge < -0.3 is 9.64 Å². The van der Waals surface area contributed by atoms with Gasteiger partial charge in [-0.15, -0.1) is 0 Å². The predicted molar refractivity (Wildman–Crippen MR) is 71.3 cm³/mol. The molecule has 1 saturated carbocycles. The van der Waals surface area contributed by atoms with Crippen molar-refractivity contribution in [1.29, 1.82) is 0 Å². The monoisotopic (exact) mass is 267 g/mol. The van der Waals surface area contributed by atoms with Crippen molar-refractivity contribution in [2.75, 3.05) is 24.6 Å². The Morgan fingerprint density at radius 3 is 2.61 bits per heavy atom. The van der Waals surface area contributed by atoms with Crippen LogP contribution < -0.4 is 9.64 Å². The van der Waals surface area contributed by atoms with E-state index in [1.165, 1.54) is 25.7 Å². The number of ether oxygens (including phenoxy) is 1. The Balaban J connectivity index is 1.74. The van der Waals surface area contributed by atoms with Gasteiger partial charge in [-0.1, -0.05) is 11.6 Å². The summed E-state index contributed by atoms with van der Waals surface area (Å²) in [6.45, 7) is 4.61. The number of hydrogen-bond donors (Lipinski definition) is 0. The molecule has 1 spiro atoms. The first-order chi connectivity index (χ1) is 8.71. The van der Waals surface area contributed by atoms with Gasteiger partial charge in [0.05, 0.1) is 6.61 Å². The van der Waals surface area contributed by atoms with Gasteiger partial charge in [0, 0.05) is 19.2 Å². The van der Waals surface area contributed by atoms with Gasteiger partial charge in [0.15, 0.2) is 0 Å². The maximum atomic E-state index is 6.02. The SMILES string of the molecule is CCOc1nc(Cl)cc(N2CCC3(CC2)CC3)n1. The standard InChI is InChI=1S/C13H18ClN3O/c1-2-18-12-15-10(14)9-11(16-12)17-7-5-13(3-4-13)6-8-17/h9H,2-8H2,1H3. The fourth-order valence-corrected chi connectivity index (χ4v) is 2.80. The number of hydrogen-bond acceptors (Lipinski definition) is 4. The van der Waals surface area contributed by atoms with Gasteiger partial charge in [-0.05, 0) is 38.0 Å². The minimum Gasteiger partial charge on any atom is -0.464 e. The summed E-state index contributed by atoms with van der Waals surface area (Å²) in [7, 11) is 0. The van der Waals surface area contributed by atoms with Gasteiger partial charge in [0.1, 0.15) is 11.0 Å². The third-order valence-corrected chi connectivity index (χ3v) is 4.23. The molecule has 0 amide bonds. The summed E-state index contributed by atoms with van der Waals surface area (Å²) in [5, 5.41) is 0.454. The summed E-state index contributed by atoms with van der Waals surface area (Å²) in [6.07, 6.45) is 5.38. The number of nitrogens with zero attached hydrogens (tertiary/aromatic N) is 3. The van der Waals surface area contributed by atoms with Crippen LogP contribution in [-0.2, 0) is 0 Å². The predicted octanol–water partition coefficient (Wildman–Crippen LogP) is 2.91. The third-order valence-electron chi connectivity index (χ3n) is 4.04. The smallest absolute Gasteiger partial charge is 0.319 e. The first-order valence-electron chi connectivity index (χ1n) is 6.63. The molecule has 0 aromatic carbocycles. The van der Waals surface area contributed by atoms with Gasteiger partial charge in [-0.3, -0.25) is 0 Å². The highest BCUT2D eigenvalue weighted by atomic mass is 35.5. The topological polar surface area (TPSA) is 38.2 Å². The first kappa shape index (κ1) is 12.0. The molecule has 3 rings (SSSR count). The van der Waals surface area contributed by atoms with Gasteiger partial charge in [0.2, 0.25) is 0 Å². The Hall–Kier alpha value is -1.03. The van der Waals surface area contributed by atoms with Crippen molar-refractivity contribution in [3.05, 3.63) is 11.2 Å². The summed E-state index contributed by atoms with van der Waals surface area (Å²) in [5.41, 5.74) is 0.677. The zero-order chi connectivity index (χ0) is 12.6. The number of piperidine rings is 1. The van der Waals surface area contributed by atoms with Crippen LogP contribution in [0.5, 0.6) is 6.01 Å². The van der Waals surface area contributed by atoms with Crippen LogP contribution in [0.1, 0.15) is 32.6 Å². The minimum atomic E-state index is 0.381. The van der Waals surface area contributed by atoms with Crippen molar-refractivity contribution in [3.8, 4) is 6.01 Å². The normalized spacial score (nSPS) is 21.1. The highest BCUT2D eigenvalue weighted by Gasteiger charge is 2.44. The van der Waals surface area contributed by atoms with Crippen LogP contribution in [0.15, 0.2) is 6.07 Å². The number of aromatic nitrogens is 2. The van der Waals surface area contributed by atoms with Crippen molar-refractivity contribution < 1.29 is 4.74 Å². The second kappa shape index (κ2) is 4.57. The van der Waals surface area contributed by atoms with Gasteiger partial charge in [0.25, 0.3) is 0 Å². The summed E-state index contributed by atoms with van der Waals surface area (Å²) in [5.74, 6) is 0.897. The lowest BCUT2D eigenvalue weighted by Crippen LogP contribution is -2.35. The minimum absolute atomic E-state index is 0.381. The van der Waals surface area contributed by atoms with Crippen molar-refractivity contribution in [2.45, 2.75) is 32.6 Å². The van der Waals surface area contributed by atoms with Gasteiger partial charge in [-0.25, -0.2) is 0 Å². The molecule has 1 saturated heterocycles. The van der Waals surface area contributed by atoms with Crippen molar-refractivity contribution in [2.24, 2.45) is 5.41 Å². The molecule has 5 heteroatoms. The highest BCUT2D eigenvalue weighted by Crippen LogP contribution is 2.53. The van der Waals surface area contributed by atoms with E-state index in [-0.39, 0.29) is 0 Å². The summed E-state index contributed by atoms with van der Waals surface area (Å²) in [6, 6.07) is 2.21. The lowest BCUT2D eigenvalue weighted by molar-refractivity contribution is 0.311. The molecule has 2 heterocycles. The molecule has 1 aromatic rings. The molecule has 1 aliphatic heterocycles. The van der Waals surface area contributed by atoms with E-state index in [9.17, 15) is 0 Å². The molecule has 0 unspecified atom stereocenters. The summed E-state index contributed by atoms with van der Waals surface area (Å²) in [4.78, 5) is 10.8. The van der Waals surface area contributed by atoms with E-state index < -0.39 is 0 Å². The van der Waals surface area contributed by atoms with E-state index in [1.54, 1.807) is 0 Å². The molecule has 4 nitrogen and oxygen atoms in total. The summed E-state index contributed by atoms with van der Waals surface area (Å²) < 4.78 is 5.34. The van der Waals surface area contributed by atoms with E-state index >= 15 is 0 Å². The Morgan fingerprint density at radius 1 is 1.28 bits per heavy atom. The van der Waals surface area contributed by atoms with Crippen LogP contribution in [0.25, 0.3) is 0 Å². The van der Waals surface area contributed by atoms with Crippen LogP contribution in [0, 0.1) is 5.41 Å². The average molecular weight is 268 g/mol. The van der Waals surface area contributed by atoms with Crippen molar-refractivity contribution in [1.82, 2.24) is 9.97 Å². The van der Waals surface area contributed by atoms with Crippen molar-refractivity contribution >= 4 is 17.4 Å². The third kappa shape index (κ3) is 2.39. The molecule has 18 heavy (non-hydrogen) atoms. The first-order valence-corrected chi connectivity index (χ1v) is 7.01. The molecular weight excluding hydrogens is 250 g/mol.